The standard InChI is InChI=1S/C11H18N4O3/c1-14-8-12-13-10(14)9-3-2-4-15(7-9)11(17)18-6-5-16/h8-9,16H,2-7H2,1H3. The van der Waals surface area contributed by atoms with Gasteiger partial charge in [0.2, 0.25) is 0 Å². The van der Waals surface area contributed by atoms with Gasteiger partial charge in [0.1, 0.15) is 18.8 Å². The first-order valence-electron chi connectivity index (χ1n) is 6.09. The van der Waals surface area contributed by atoms with Crippen LogP contribution in [-0.4, -0.2) is 57.2 Å². The molecule has 1 saturated heterocycles. The van der Waals surface area contributed by atoms with E-state index in [1.54, 1.807) is 11.2 Å². The Labute approximate surface area is 105 Å². The smallest absolute Gasteiger partial charge is 0.409 e. The average Bonchev–Trinajstić information content (AvgIpc) is 2.82. The van der Waals surface area contributed by atoms with Gasteiger partial charge in [-0.15, -0.1) is 10.2 Å². The van der Waals surface area contributed by atoms with Crippen molar-refractivity contribution in [1.29, 1.82) is 0 Å². The normalized spacial score (nSPS) is 19.9. The van der Waals surface area contributed by atoms with Gasteiger partial charge in [0.05, 0.1) is 6.61 Å². The van der Waals surface area contributed by atoms with Crippen LogP contribution in [0.3, 0.4) is 0 Å². The Kier molecular flexibility index (Phi) is 4.14. The van der Waals surface area contributed by atoms with E-state index in [-0.39, 0.29) is 25.2 Å². The Hall–Kier alpha value is -1.63. The Morgan fingerprint density at radius 3 is 3.17 bits per heavy atom. The summed E-state index contributed by atoms with van der Waals surface area (Å²) in [4.78, 5) is 13.4. The van der Waals surface area contributed by atoms with Crippen molar-refractivity contribution >= 4 is 6.09 Å². The van der Waals surface area contributed by atoms with Crippen molar-refractivity contribution in [2.45, 2.75) is 18.8 Å². The van der Waals surface area contributed by atoms with Crippen LogP contribution < -0.4 is 0 Å². The number of aliphatic hydroxyl groups excluding tert-OH is 1. The summed E-state index contributed by atoms with van der Waals surface area (Å²) in [5.41, 5.74) is 0. The summed E-state index contributed by atoms with van der Waals surface area (Å²) < 4.78 is 6.80. The summed E-state index contributed by atoms with van der Waals surface area (Å²) in [7, 11) is 1.90. The van der Waals surface area contributed by atoms with E-state index in [2.05, 4.69) is 10.2 Å². The zero-order chi connectivity index (χ0) is 13.0. The zero-order valence-electron chi connectivity index (χ0n) is 10.4. The Morgan fingerprint density at radius 2 is 2.50 bits per heavy atom. The second kappa shape index (κ2) is 5.81. The summed E-state index contributed by atoms with van der Waals surface area (Å²) in [6.07, 6.45) is 3.22. The van der Waals surface area contributed by atoms with E-state index < -0.39 is 0 Å². The van der Waals surface area contributed by atoms with Gasteiger partial charge in [-0.3, -0.25) is 0 Å². The minimum Gasteiger partial charge on any atom is -0.447 e. The fourth-order valence-corrected chi connectivity index (χ4v) is 2.24. The maximum absolute atomic E-state index is 11.7. The van der Waals surface area contributed by atoms with Crippen LogP contribution in [-0.2, 0) is 11.8 Å². The molecule has 7 heteroatoms. The number of likely N-dealkylation sites (tertiary alicyclic amines) is 1. The molecule has 0 saturated carbocycles. The van der Waals surface area contributed by atoms with Crippen molar-refractivity contribution < 1.29 is 14.6 Å². The summed E-state index contributed by atoms with van der Waals surface area (Å²) in [6.45, 7) is 1.19. The van der Waals surface area contributed by atoms with Gasteiger partial charge < -0.3 is 19.3 Å². The fraction of sp³-hybridized carbons (Fsp3) is 0.727. The molecule has 1 N–H and O–H groups in total. The van der Waals surface area contributed by atoms with Crippen LogP contribution in [0.2, 0.25) is 0 Å². The molecule has 100 valence electrons. The third-order valence-electron chi connectivity index (χ3n) is 3.11. The molecule has 1 fully saturated rings. The highest BCUT2D eigenvalue weighted by atomic mass is 16.6. The maximum atomic E-state index is 11.7. The first-order valence-corrected chi connectivity index (χ1v) is 6.09. The van der Waals surface area contributed by atoms with Crippen molar-refractivity contribution in [2.75, 3.05) is 26.3 Å². The first-order chi connectivity index (χ1) is 8.72. The van der Waals surface area contributed by atoms with Crippen molar-refractivity contribution in [3.8, 4) is 0 Å². The molecule has 1 aliphatic heterocycles. The number of aliphatic hydroxyl groups is 1. The number of aromatic nitrogens is 3. The molecule has 0 aliphatic carbocycles. The van der Waals surface area contributed by atoms with Gasteiger partial charge >= 0.3 is 6.09 Å². The Bertz CT molecular complexity index is 407. The van der Waals surface area contributed by atoms with Gasteiger partial charge in [-0.1, -0.05) is 0 Å². The van der Waals surface area contributed by atoms with E-state index in [1.807, 2.05) is 11.6 Å². The lowest BCUT2D eigenvalue weighted by Gasteiger charge is -2.31. The Balaban J connectivity index is 1.96. The molecule has 0 aromatic carbocycles. The van der Waals surface area contributed by atoms with Crippen molar-refractivity contribution in [3.05, 3.63) is 12.2 Å². The molecule has 1 aromatic rings. The largest absolute Gasteiger partial charge is 0.447 e. The average molecular weight is 254 g/mol. The van der Waals surface area contributed by atoms with Gasteiger partial charge in [-0.2, -0.15) is 0 Å². The van der Waals surface area contributed by atoms with Crippen molar-refractivity contribution in [2.24, 2.45) is 7.05 Å². The van der Waals surface area contributed by atoms with E-state index in [1.165, 1.54) is 0 Å². The lowest BCUT2D eigenvalue weighted by atomic mass is 9.97. The number of aryl methyl sites for hydroxylation is 1. The van der Waals surface area contributed by atoms with Crippen LogP contribution in [0.4, 0.5) is 4.79 Å². The highest BCUT2D eigenvalue weighted by Crippen LogP contribution is 2.25. The van der Waals surface area contributed by atoms with Gasteiger partial charge in [0, 0.05) is 26.1 Å². The predicted octanol–water partition coefficient (Wildman–Crippen LogP) is 0.123. The number of carbonyl (C=O) groups excluding carboxylic acids is 1. The van der Waals surface area contributed by atoms with Crippen LogP contribution >= 0.6 is 0 Å². The molecule has 1 aromatic heterocycles. The van der Waals surface area contributed by atoms with Crippen LogP contribution in [0, 0.1) is 0 Å². The van der Waals surface area contributed by atoms with Crippen molar-refractivity contribution in [1.82, 2.24) is 19.7 Å². The molecule has 2 heterocycles. The number of nitrogens with zero attached hydrogens (tertiary/aromatic N) is 4. The molecule has 7 nitrogen and oxygen atoms in total. The Morgan fingerprint density at radius 1 is 1.67 bits per heavy atom. The molecule has 1 amide bonds. The van der Waals surface area contributed by atoms with Gasteiger partial charge in [0.25, 0.3) is 0 Å². The molecule has 1 unspecified atom stereocenters. The van der Waals surface area contributed by atoms with E-state index in [0.717, 1.165) is 18.7 Å². The third kappa shape index (κ3) is 2.79. The number of piperidine rings is 1. The number of rotatable bonds is 3. The maximum Gasteiger partial charge on any atom is 0.409 e. The molecule has 0 radical (unpaired) electrons. The fourth-order valence-electron chi connectivity index (χ4n) is 2.24. The number of hydrogen-bond acceptors (Lipinski definition) is 5. The number of amides is 1. The van der Waals surface area contributed by atoms with E-state index in [0.29, 0.717) is 13.1 Å². The lowest BCUT2D eigenvalue weighted by Crippen LogP contribution is -2.40. The highest BCUT2D eigenvalue weighted by molar-refractivity contribution is 5.67. The van der Waals surface area contributed by atoms with Crippen LogP contribution in [0.15, 0.2) is 6.33 Å². The number of hydrogen-bond donors (Lipinski definition) is 1. The molecule has 18 heavy (non-hydrogen) atoms. The second-order valence-electron chi connectivity index (χ2n) is 4.42. The van der Waals surface area contributed by atoms with Gasteiger partial charge in [-0.25, -0.2) is 4.79 Å². The molecule has 2 rings (SSSR count). The number of ether oxygens (including phenoxy) is 1. The summed E-state index contributed by atoms with van der Waals surface area (Å²) in [5, 5.41) is 16.6. The van der Waals surface area contributed by atoms with E-state index in [9.17, 15) is 4.79 Å². The molecule has 0 spiro atoms. The molecule has 0 bridgehead atoms. The van der Waals surface area contributed by atoms with Crippen LogP contribution in [0.1, 0.15) is 24.6 Å². The lowest BCUT2D eigenvalue weighted by molar-refractivity contribution is 0.0751. The molecule has 1 aliphatic rings. The predicted molar refractivity (Wildman–Crippen MR) is 63.0 cm³/mol. The molecular formula is C11H18N4O3. The SMILES string of the molecule is Cn1cnnc1C1CCCN(C(=O)OCCO)C1. The summed E-state index contributed by atoms with van der Waals surface area (Å²) >= 11 is 0. The topological polar surface area (TPSA) is 80.5 Å². The van der Waals surface area contributed by atoms with Crippen LogP contribution in [0.25, 0.3) is 0 Å². The molecule has 1 atom stereocenters. The van der Waals surface area contributed by atoms with Gasteiger partial charge in [-0.05, 0) is 12.8 Å². The van der Waals surface area contributed by atoms with E-state index in [4.69, 9.17) is 9.84 Å². The van der Waals surface area contributed by atoms with E-state index >= 15 is 0 Å². The second-order valence-corrected chi connectivity index (χ2v) is 4.42. The van der Waals surface area contributed by atoms with Crippen molar-refractivity contribution in [3.63, 3.8) is 0 Å². The third-order valence-corrected chi connectivity index (χ3v) is 3.11. The number of carbonyl (C=O) groups is 1. The minimum atomic E-state index is -0.365. The summed E-state index contributed by atoms with van der Waals surface area (Å²) in [5.74, 6) is 1.10. The van der Waals surface area contributed by atoms with Gasteiger partial charge in [0.15, 0.2) is 0 Å². The van der Waals surface area contributed by atoms with Crippen LogP contribution in [0.5, 0.6) is 0 Å². The monoisotopic (exact) mass is 254 g/mol. The zero-order valence-corrected chi connectivity index (χ0v) is 10.4. The highest BCUT2D eigenvalue weighted by Gasteiger charge is 2.28. The quantitative estimate of drug-likeness (QED) is 0.829. The minimum absolute atomic E-state index is 0.0456. The summed E-state index contributed by atoms with van der Waals surface area (Å²) in [6, 6.07) is 0. The molecular weight excluding hydrogens is 236 g/mol. The first kappa shape index (κ1) is 12.8.